The Bertz CT molecular complexity index is 426. The molecule has 1 amide bonds. The fraction of sp³-hybridized carbons (Fsp3) is 0.444. The standard InChI is InChI=1S/C9H14N2O3S2/c1-10-16(13,14)6-4-11-9(12)7-8-3-2-5-15-8/h2-3,5,10H,4,6-7H2,1H3,(H,11,12). The molecular formula is C9H14N2O3S2. The number of nitrogens with one attached hydrogen (secondary N) is 2. The Labute approximate surface area is 98.9 Å². The molecule has 0 aromatic carbocycles. The molecular weight excluding hydrogens is 248 g/mol. The maximum atomic E-state index is 11.4. The van der Waals surface area contributed by atoms with Crippen molar-refractivity contribution in [3.05, 3.63) is 22.4 Å². The van der Waals surface area contributed by atoms with Crippen LogP contribution in [0.1, 0.15) is 4.88 Å². The van der Waals surface area contributed by atoms with E-state index in [0.29, 0.717) is 6.42 Å². The van der Waals surface area contributed by atoms with Crippen LogP contribution < -0.4 is 10.0 Å². The number of hydrogen-bond donors (Lipinski definition) is 2. The molecule has 7 heteroatoms. The van der Waals surface area contributed by atoms with Crippen molar-refractivity contribution in [2.75, 3.05) is 19.3 Å². The number of amides is 1. The summed E-state index contributed by atoms with van der Waals surface area (Å²) in [4.78, 5) is 12.3. The second-order valence-corrected chi connectivity index (χ2v) is 6.21. The van der Waals surface area contributed by atoms with Crippen LogP contribution in [0.2, 0.25) is 0 Å². The molecule has 0 fully saturated rings. The summed E-state index contributed by atoms with van der Waals surface area (Å²) in [5.74, 6) is -0.256. The van der Waals surface area contributed by atoms with Crippen LogP contribution in [0.25, 0.3) is 0 Å². The van der Waals surface area contributed by atoms with Gasteiger partial charge in [-0.1, -0.05) is 6.07 Å². The van der Waals surface area contributed by atoms with Crippen LogP contribution in [-0.4, -0.2) is 33.7 Å². The molecule has 1 aromatic heterocycles. The lowest BCUT2D eigenvalue weighted by Gasteiger charge is -2.04. The van der Waals surface area contributed by atoms with Crippen molar-refractivity contribution in [2.45, 2.75) is 6.42 Å². The maximum absolute atomic E-state index is 11.4. The van der Waals surface area contributed by atoms with Crippen LogP contribution in [-0.2, 0) is 21.2 Å². The second-order valence-electron chi connectivity index (χ2n) is 3.13. The molecule has 5 nitrogen and oxygen atoms in total. The van der Waals surface area contributed by atoms with Crippen molar-refractivity contribution in [2.24, 2.45) is 0 Å². The molecule has 0 aliphatic carbocycles. The zero-order valence-electron chi connectivity index (χ0n) is 8.89. The number of thiophene rings is 1. The van der Waals surface area contributed by atoms with Crippen molar-refractivity contribution < 1.29 is 13.2 Å². The Hall–Kier alpha value is -0.920. The van der Waals surface area contributed by atoms with E-state index in [2.05, 4.69) is 10.0 Å². The van der Waals surface area contributed by atoms with E-state index < -0.39 is 10.0 Å². The van der Waals surface area contributed by atoms with Gasteiger partial charge in [-0.05, 0) is 18.5 Å². The van der Waals surface area contributed by atoms with Crippen LogP contribution >= 0.6 is 11.3 Å². The Morgan fingerprint density at radius 1 is 1.50 bits per heavy atom. The minimum atomic E-state index is -3.24. The quantitative estimate of drug-likeness (QED) is 0.755. The average Bonchev–Trinajstić information content (AvgIpc) is 2.70. The number of sulfonamides is 1. The van der Waals surface area contributed by atoms with Crippen molar-refractivity contribution in [1.29, 1.82) is 0 Å². The molecule has 0 bridgehead atoms. The highest BCUT2D eigenvalue weighted by atomic mass is 32.2. The van der Waals surface area contributed by atoms with Crippen molar-refractivity contribution in [1.82, 2.24) is 10.0 Å². The van der Waals surface area contributed by atoms with Gasteiger partial charge in [-0.25, -0.2) is 13.1 Å². The summed E-state index contributed by atoms with van der Waals surface area (Å²) in [6.45, 7) is 0.132. The Morgan fingerprint density at radius 3 is 2.81 bits per heavy atom. The highest BCUT2D eigenvalue weighted by molar-refractivity contribution is 7.89. The van der Waals surface area contributed by atoms with Crippen molar-refractivity contribution in [3.8, 4) is 0 Å². The first-order valence-corrected chi connectivity index (χ1v) is 7.27. The second kappa shape index (κ2) is 5.97. The highest BCUT2D eigenvalue weighted by Crippen LogP contribution is 2.08. The number of carbonyl (C=O) groups excluding carboxylic acids is 1. The van der Waals surface area contributed by atoms with Gasteiger partial charge >= 0.3 is 0 Å². The van der Waals surface area contributed by atoms with Gasteiger partial charge in [0, 0.05) is 11.4 Å². The van der Waals surface area contributed by atoms with Crippen LogP contribution in [0, 0.1) is 0 Å². The Morgan fingerprint density at radius 2 is 2.25 bits per heavy atom. The van der Waals surface area contributed by atoms with Crippen molar-refractivity contribution in [3.63, 3.8) is 0 Å². The number of carbonyl (C=O) groups is 1. The molecule has 0 aliphatic heterocycles. The minimum absolute atomic E-state index is 0.0975. The molecule has 0 spiro atoms. The molecule has 0 atom stereocenters. The molecule has 1 rings (SSSR count). The van der Waals surface area contributed by atoms with Gasteiger partial charge in [0.1, 0.15) is 0 Å². The number of rotatable bonds is 6. The molecule has 90 valence electrons. The van der Waals surface area contributed by atoms with Gasteiger partial charge in [0.2, 0.25) is 15.9 Å². The van der Waals surface area contributed by atoms with Crippen molar-refractivity contribution >= 4 is 27.3 Å². The van der Waals surface area contributed by atoms with E-state index >= 15 is 0 Å². The average molecular weight is 262 g/mol. The van der Waals surface area contributed by atoms with Gasteiger partial charge in [0.15, 0.2) is 0 Å². The zero-order valence-corrected chi connectivity index (χ0v) is 10.5. The normalized spacial score (nSPS) is 11.3. The van der Waals surface area contributed by atoms with Crippen LogP contribution in [0.15, 0.2) is 17.5 Å². The topological polar surface area (TPSA) is 75.3 Å². The fourth-order valence-electron chi connectivity index (χ4n) is 1.06. The summed E-state index contributed by atoms with van der Waals surface area (Å²) >= 11 is 1.50. The first-order valence-electron chi connectivity index (χ1n) is 4.74. The van der Waals surface area contributed by atoms with E-state index in [1.54, 1.807) is 0 Å². The third-order valence-electron chi connectivity index (χ3n) is 1.92. The lowest BCUT2D eigenvalue weighted by Crippen LogP contribution is -2.33. The molecule has 1 heterocycles. The van der Waals surface area contributed by atoms with Gasteiger partial charge in [-0.3, -0.25) is 4.79 Å². The van der Waals surface area contributed by atoms with Crippen LogP contribution in [0.5, 0.6) is 0 Å². The lowest BCUT2D eigenvalue weighted by atomic mass is 10.3. The van der Waals surface area contributed by atoms with Gasteiger partial charge in [0.05, 0.1) is 12.2 Å². The van der Waals surface area contributed by atoms with E-state index in [0.717, 1.165) is 4.88 Å². The van der Waals surface area contributed by atoms with Crippen LogP contribution in [0.4, 0.5) is 0 Å². The highest BCUT2D eigenvalue weighted by Gasteiger charge is 2.08. The zero-order chi connectivity index (χ0) is 12.0. The SMILES string of the molecule is CNS(=O)(=O)CCNC(=O)Cc1cccs1. The first kappa shape index (κ1) is 13.1. The van der Waals surface area contributed by atoms with Gasteiger partial charge in [-0.15, -0.1) is 11.3 Å². The largest absolute Gasteiger partial charge is 0.355 e. The van der Waals surface area contributed by atoms with Gasteiger partial charge < -0.3 is 5.32 Å². The lowest BCUT2D eigenvalue weighted by molar-refractivity contribution is -0.120. The fourth-order valence-corrected chi connectivity index (χ4v) is 2.34. The van der Waals surface area contributed by atoms with E-state index in [1.807, 2.05) is 17.5 Å². The van der Waals surface area contributed by atoms with E-state index in [-0.39, 0.29) is 18.2 Å². The summed E-state index contributed by atoms with van der Waals surface area (Å²) in [5, 5.41) is 4.46. The molecule has 1 aromatic rings. The number of hydrogen-bond acceptors (Lipinski definition) is 4. The first-order chi connectivity index (χ1) is 7.53. The molecule has 0 aliphatic rings. The van der Waals surface area contributed by atoms with E-state index in [1.165, 1.54) is 18.4 Å². The van der Waals surface area contributed by atoms with Crippen LogP contribution in [0.3, 0.4) is 0 Å². The molecule has 16 heavy (non-hydrogen) atoms. The van der Waals surface area contributed by atoms with Gasteiger partial charge in [-0.2, -0.15) is 0 Å². The van der Waals surface area contributed by atoms with E-state index in [4.69, 9.17) is 0 Å². The Kier molecular flexibility index (Phi) is 4.91. The monoisotopic (exact) mass is 262 g/mol. The Balaban J connectivity index is 2.26. The summed E-state index contributed by atoms with van der Waals surface area (Å²) in [6.07, 6.45) is 0.303. The molecule has 2 N–H and O–H groups in total. The third-order valence-corrected chi connectivity index (χ3v) is 4.16. The maximum Gasteiger partial charge on any atom is 0.225 e. The summed E-state index contributed by atoms with van der Waals surface area (Å²) in [6, 6.07) is 3.74. The predicted molar refractivity (Wildman–Crippen MR) is 63.9 cm³/mol. The minimum Gasteiger partial charge on any atom is -0.355 e. The predicted octanol–water partition coefficient (Wildman–Crippen LogP) is -0.0440. The molecule has 0 radical (unpaired) electrons. The summed E-state index contributed by atoms with van der Waals surface area (Å²) < 4.78 is 24.3. The summed E-state index contributed by atoms with van der Waals surface area (Å²) in [7, 11) is -1.89. The molecule has 0 saturated carbocycles. The van der Waals surface area contributed by atoms with Gasteiger partial charge in [0.25, 0.3) is 0 Å². The molecule has 0 unspecified atom stereocenters. The summed E-state index contributed by atoms with van der Waals surface area (Å²) in [5.41, 5.74) is 0. The van der Waals surface area contributed by atoms with E-state index in [9.17, 15) is 13.2 Å². The molecule has 0 saturated heterocycles. The third kappa shape index (κ3) is 4.73. The smallest absolute Gasteiger partial charge is 0.225 e.